The standard InChI is InChI=1S/C18H22N2O7/c1-24-14-5-11(6-15(25-2)18(14)27-4)19-17(23)9-20-8-16(26-3)13(22)7-12(20)10-21/h5-8,21H,9-10H2,1-4H3,(H,19,23). The van der Waals surface area contributed by atoms with Gasteiger partial charge in [-0.05, 0) is 0 Å². The number of benzene rings is 1. The second kappa shape index (κ2) is 8.95. The van der Waals surface area contributed by atoms with E-state index in [0.717, 1.165) is 0 Å². The Morgan fingerprint density at radius 1 is 1.00 bits per heavy atom. The van der Waals surface area contributed by atoms with Crippen LogP contribution in [0.2, 0.25) is 0 Å². The number of anilines is 1. The molecular weight excluding hydrogens is 356 g/mol. The van der Waals surface area contributed by atoms with Gasteiger partial charge in [-0.3, -0.25) is 9.59 Å². The van der Waals surface area contributed by atoms with Gasteiger partial charge in [0, 0.05) is 29.6 Å². The minimum atomic E-state index is -0.392. The molecule has 2 N–H and O–H groups in total. The lowest BCUT2D eigenvalue weighted by Gasteiger charge is -2.16. The van der Waals surface area contributed by atoms with Gasteiger partial charge in [0.1, 0.15) is 6.54 Å². The molecule has 0 aliphatic rings. The van der Waals surface area contributed by atoms with Crippen molar-refractivity contribution in [3.05, 3.63) is 40.3 Å². The largest absolute Gasteiger partial charge is 0.493 e. The number of nitrogens with one attached hydrogen (secondary N) is 1. The van der Waals surface area contributed by atoms with Crippen LogP contribution in [-0.2, 0) is 17.9 Å². The lowest BCUT2D eigenvalue weighted by molar-refractivity contribution is -0.116. The van der Waals surface area contributed by atoms with Gasteiger partial charge < -0.3 is 33.9 Å². The van der Waals surface area contributed by atoms with E-state index in [1.54, 1.807) is 12.1 Å². The number of aromatic nitrogens is 1. The number of hydrogen-bond acceptors (Lipinski definition) is 7. The molecule has 1 heterocycles. The summed E-state index contributed by atoms with van der Waals surface area (Å²) in [6.07, 6.45) is 1.38. The molecule has 2 rings (SSSR count). The predicted octanol–water partition coefficient (Wildman–Crippen LogP) is 1.01. The molecule has 9 nitrogen and oxygen atoms in total. The van der Waals surface area contributed by atoms with E-state index in [2.05, 4.69) is 5.32 Å². The maximum Gasteiger partial charge on any atom is 0.244 e. The molecule has 0 aliphatic heterocycles. The molecule has 0 spiro atoms. The number of aliphatic hydroxyl groups is 1. The van der Waals surface area contributed by atoms with Crippen molar-refractivity contribution in [2.45, 2.75) is 13.2 Å². The summed E-state index contributed by atoms with van der Waals surface area (Å²) in [5.41, 5.74) is 0.358. The van der Waals surface area contributed by atoms with Crippen LogP contribution in [0, 0.1) is 0 Å². The summed E-state index contributed by atoms with van der Waals surface area (Å²) in [4.78, 5) is 24.2. The number of rotatable bonds is 8. The van der Waals surface area contributed by atoms with Gasteiger partial charge in [0.05, 0.1) is 41.2 Å². The Labute approximate surface area is 156 Å². The van der Waals surface area contributed by atoms with Gasteiger partial charge in [-0.15, -0.1) is 0 Å². The zero-order valence-corrected chi connectivity index (χ0v) is 15.6. The number of aliphatic hydroxyl groups excluding tert-OH is 1. The maximum absolute atomic E-state index is 12.4. The number of amides is 1. The smallest absolute Gasteiger partial charge is 0.244 e. The Morgan fingerprint density at radius 2 is 1.59 bits per heavy atom. The molecule has 0 aliphatic carbocycles. The Hall–Kier alpha value is -3.20. The van der Waals surface area contributed by atoms with Crippen molar-refractivity contribution in [2.75, 3.05) is 33.8 Å². The molecule has 27 heavy (non-hydrogen) atoms. The first kappa shape index (κ1) is 20.1. The summed E-state index contributed by atoms with van der Waals surface area (Å²) in [5, 5.41) is 12.1. The fourth-order valence-corrected chi connectivity index (χ4v) is 2.54. The fourth-order valence-electron chi connectivity index (χ4n) is 2.54. The van der Waals surface area contributed by atoms with Crippen molar-refractivity contribution < 1.29 is 28.8 Å². The summed E-state index contributed by atoms with van der Waals surface area (Å²) < 4.78 is 22.2. The SMILES string of the molecule is COc1cc(NC(=O)Cn2cc(OC)c(=O)cc2CO)cc(OC)c1OC. The highest BCUT2D eigenvalue weighted by molar-refractivity contribution is 5.91. The monoisotopic (exact) mass is 378 g/mol. The first-order valence-corrected chi connectivity index (χ1v) is 7.95. The van der Waals surface area contributed by atoms with Crippen molar-refractivity contribution in [3.63, 3.8) is 0 Å². The second-order valence-electron chi connectivity index (χ2n) is 5.45. The van der Waals surface area contributed by atoms with Gasteiger partial charge >= 0.3 is 0 Å². The molecule has 0 fully saturated rings. The molecule has 1 aromatic heterocycles. The van der Waals surface area contributed by atoms with Crippen molar-refractivity contribution in [1.29, 1.82) is 0 Å². The van der Waals surface area contributed by atoms with Crippen molar-refractivity contribution in [1.82, 2.24) is 4.57 Å². The fraction of sp³-hybridized carbons (Fsp3) is 0.333. The van der Waals surface area contributed by atoms with Crippen LogP contribution in [0.5, 0.6) is 23.0 Å². The molecular formula is C18H22N2O7. The Kier molecular flexibility index (Phi) is 6.67. The molecule has 1 aromatic carbocycles. The third-order valence-electron chi connectivity index (χ3n) is 3.83. The molecule has 1 amide bonds. The summed E-state index contributed by atoms with van der Waals surface area (Å²) in [6.45, 7) is -0.528. The zero-order chi connectivity index (χ0) is 20.0. The number of methoxy groups -OCH3 is 4. The molecule has 0 saturated carbocycles. The molecule has 0 saturated heterocycles. The minimum absolute atomic E-state index is 0.0767. The van der Waals surface area contributed by atoms with E-state index in [0.29, 0.717) is 28.6 Å². The van der Waals surface area contributed by atoms with E-state index in [9.17, 15) is 14.7 Å². The number of nitrogens with zero attached hydrogens (tertiary/aromatic N) is 1. The number of pyridine rings is 1. The van der Waals surface area contributed by atoms with Crippen molar-refractivity contribution in [3.8, 4) is 23.0 Å². The molecule has 0 unspecified atom stereocenters. The third kappa shape index (κ3) is 4.50. The first-order chi connectivity index (χ1) is 13.0. The van der Waals surface area contributed by atoms with Gasteiger partial charge in [0.15, 0.2) is 17.2 Å². The highest BCUT2D eigenvalue weighted by Gasteiger charge is 2.15. The summed E-state index contributed by atoms with van der Waals surface area (Å²) >= 11 is 0. The Balaban J connectivity index is 2.27. The first-order valence-electron chi connectivity index (χ1n) is 7.95. The van der Waals surface area contributed by atoms with E-state index in [1.165, 1.54) is 45.3 Å². The van der Waals surface area contributed by atoms with Crippen LogP contribution in [0.25, 0.3) is 0 Å². The number of carbonyl (C=O) groups excluding carboxylic acids is 1. The Bertz CT molecular complexity index is 851. The summed E-state index contributed by atoms with van der Waals surface area (Å²) in [6, 6.07) is 4.42. The predicted molar refractivity (Wildman–Crippen MR) is 97.9 cm³/mol. The average Bonchev–Trinajstić information content (AvgIpc) is 2.67. The van der Waals surface area contributed by atoms with Crippen LogP contribution >= 0.6 is 0 Å². The minimum Gasteiger partial charge on any atom is -0.493 e. The zero-order valence-electron chi connectivity index (χ0n) is 15.6. The van der Waals surface area contributed by atoms with E-state index in [-0.39, 0.29) is 23.6 Å². The van der Waals surface area contributed by atoms with Gasteiger partial charge in [0.25, 0.3) is 0 Å². The molecule has 146 valence electrons. The van der Waals surface area contributed by atoms with Crippen molar-refractivity contribution >= 4 is 11.6 Å². The van der Waals surface area contributed by atoms with E-state index in [4.69, 9.17) is 18.9 Å². The quantitative estimate of drug-likeness (QED) is 0.706. The summed E-state index contributed by atoms with van der Waals surface area (Å²) in [5.74, 6) is 0.893. The molecule has 2 aromatic rings. The maximum atomic E-state index is 12.4. The van der Waals surface area contributed by atoms with E-state index in [1.807, 2.05) is 0 Å². The topological polar surface area (TPSA) is 108 Å². The van der Waals surface area contributed by atoms with Crippen LogP contribution < -0.4 is 29.7 Å². The van der Waals surface area contributed by atoms with Gasteiger partial charge in [-0.1, -0.05) is 0 Å². The van der Waals surface area contributed by atoms with E-state index >= 15 is 0 Å². The van der Waals surface area contributed by atoms with E-state index < -0.39 is 6.61 Å². The lowest BCUT2D eigenvalue weighted by atomic mass is 10.2. The summed E-state index contributed by atoms with van der Waals surface area (Å²) in [7, 11) is 5.79. The molecule has 0 bridgehead atoms. The highest BCUT2D eigenvalue weighted by atomic mass is 16.5. The number of ether oxygens (including phenoxy) is 4. The van der Waals surface area contributed by atoms with Crippen LogP contribution in [0.15, 0.2) is 29.2 Å². The molecule has 0 atom stereocenters. The van der Waals surface area contributed by atoms with Crippen LogP contribution in [-0.4, -0.2) is 44.0 Å². The van der Waals surface area contributed by atoms with Crippen LogP contribution in [0.1, 0.15) is 5.69 Å². The molecule has 0 radical (unpaired) electrons. The van der Waals surface area contributed by atoms with Gasteiger partial charge in [-0.25, -0.2) is 0 Å². The van der Waals surface area contributed by atoms with Gasteiger partial charge in [0.2, 0.25) is 17.1 Å². The third-order valence-corrected chi connectivity index (χ3v) is 3.83. The Morgan fingerprint density at radius 3 is 2.07 bits per heavy atom. The van der Waals surface area contributed by atoms with Crippen molar-refractivity contribution in [2.24, 2.45) is 0 Å². The average molecular weight is 378 g/mol. The lowest BCUT2D eigenvalue weighted by Crippen LogP contribution is -2.23. The number of hydrogen-bond donors (Lipinski definition) is 2. The van der Waals surface area contributed by atoms with Gasteiger partial charge in [-0.2, -0.15) is 0 Å². The van der Waals surface area contributed by atoms with Crippen LogP contribution in [0.3, 0.4) is 0 Å². The second-order valence-corrected chi connectivity index (χ2v) is 5.45. The normalized spacial score (nSPS) is 10.3. The number of carbonyl (C=O) groups is 1. The molecule has 9 heteroatoms. The highest BCUT2D eigenvalue weighted by Crippen LogP contribution is 2.39. The van der Waals surface area contributed by atoms with Crippen LogP contribution in [0.4, 0.5) is 5.69 Å².